The molecule has 6 heteroatoms. The normalized spacial score (nSPS) is 14.6. The van der Waals surface area contributed by atoms with E-state index in [1.54, 1.807) is 12.1 Å². The number of nitrogens with zero attached hydrogens (tertiary/aromatic N) is 2. The molecule has 1 fully saturated rings. The molecule has 0 atom stereocenters. The molecule has 2 heterocycles. The van der Waals surface area contributed by atoms with Crippen LogP contribution >= 0.6 is 0 Å². The summed E-state index contributed by atoms with van der Waals surface area (Å²) in [7, 11) is 0. The van der Waals surface area contributed by atoms with Crippen LogP contribution in [-0.4, -0.2) is 0 Å². The molecule has 1 aliphatic carbocycles. The standard InChI is InChI=1S/C48H36F2N2O2/c49-34-20-6-4-18-32(34)47-40(51-36-22-8-12-26-42(36)53-43-27-13-9-23-37(43)51)30-41(52-38-24-10-14-28-44(38)54-45-29-15-11-25-39(45)52)48(33-19-5-7-21-35(33)50)46(47)31-16-2-1-3-17-31/h4-15,18-31H,1-3,16-17H2. The van der Waals surface area contributed by atoms with Crippen molar-refractivity contribution in [3.8, 4) is 45.3 Å². The number of hydrogen-bond donors (Lipinski definition) is 0. The molecule has 3 aliphatic rings. The molecule has 54 heavy (non-hydrogen) atoms. The van der Waals surface area contributed by atoms with E-state index in [4.69, 9.17) is 9.47 Å². The molecule has 0 bridgehead atoms. The van der Waals surface area contributed by atoms with Crippen molar-refractivity contribution in [2.75, 3.05) is 9.80 Å². The average molecular weight is 711 g/mol. The second-order valence-corrected chi connectivity index (χ2v) is 14.1. The Hall–Kier alpha value is -6.40. The molecule has 7 aromatic carbocycles. The SMILES string of the molecule is Fc1ccccc1-c1c(N2c3ccccc3Oc3ccccc32)cc(N2c3ccccc3Oc3ccccc32)c(-c2ccccc2F)c1C1CCCCC1. The Morgan fingerprint density at radius 3 is 1.15 bits per heavy atom. The molecule has 7 aromatic rings. The van der Waals surface area contributed by atoms with Gasteiger partial charge in [0.05, 0.1) is 34.1 Å². The first-order chi connectivity index (χ1) is 26.7. The predicted molar refractivity (Wildman–Crippen MR) is 213 cm³/mol. The van der Waals surface area contributed by atoms with E-state index in [-0.39, 0.29) is 17.6 Å². The third-order valence-corrected chi connectivity index (χ3v) is 11.0. The quantitative estimate of drug-likeness (QED) is 0.178. The molecule has 0 spiro atoms. The summed E-state index contributed by atoms with van der Waals surface area (Å²) in [5.41, 5.74) is 8.27. The lowest BCUT2D eigenvalue weighted by Crippen LogP contribution is -2.22. The number of hydrogen-bond acceptors (Lipinski definition) is 4. The van der Waals surface area contributed by atoms with Crippen molar-refractivity contribution in [1.29, 1.82) is 0 Å². The molecule has 2 aliphatic heterocycles. The minimum Gasteiger partial charge on any atom is -0.453 e. The Morgan fingerprint density at radius 2 is 0.759 bits per heavy atom. The number of ether oxygens (including phenoxy) is 2. The van der Waals surface area contributed by atoms with Crippen LogP contribution in [-0.2, 0) is 0 Å². The summed E-state index contributed by atoms with van der Waals surface area (Å²) in [5, 5.41) is 0. The first kappa shape index (κ1) is 32.3. The van der Waals surface area contributed by atoms with Crippen molar-refractivity contribution in [2.45, 2.75) is 38.0 Å². The number of anilines is 6. The Kier molecular flexibility index (Phi) is 7.90. The highest BCUT2D eigenvalue weighted by atomic mass is 19.1. The fraction of sp³-hybridized carbons (Fsp3) is 0.125. The molecule has 0 saturated heterocycles. The average Bonchev–Trinajstić information content (AvgIpc) is 3.22. The van der Waals surface area contributed by atoms with Crippen LogP contribution in [0.3, 0.4) is 0 Å². The second kappa shape index (κ2) is 13.2. The first-order valence-corrected chi connectivity index (χ1v) is 18.7. The zero-order valence-corrected chi connectivity index (χ0v) is 29.5. The second-order valence-electron chi connectivity index (χ2n) is 14.1. The highest BCUT2D eigenvalue weighted by Gasteiger charge is 2.37. The van der Waals surface area contributed by atoms with Gasteiger partial charge in [-0.3, -0.25) is 0 Å². The first-order valence-electron chi connectivity index (χ1n) is 18.7. The zero-order chi connectivity index (χ0) is 36.2. The lowest BCUT2D eigenvalue weighted by molar-refractivity contribution is 0.444. The van der Waals surface area contributed by atoms with E-state index in [9.17, 15) is 0 Å². The Balaban J connectivity index is 1.42. The van der Waals surface area contributed by atoms with E-state index < -0.39 is 0 Å². The van der Waals surface area contributed by atoms with Gasteiger partial charge in [-0.05, 0) is 91.1 Å². The Bertz CT molecular complexity index is 2300. The number of para-hydroxylation sites is 8. The van der Waals surface area contributed by atoms with Gasteiger partial charge in [0.1, 0.15) is 11.6 Å². The van der Waals surface area contributed by atoms with Crippen molar-refractivity contribution in [2.24, 2.45) is 0 Å². The van der Waals surface area contributed by atoms with Gasteiger partial charge in [0.25, 0.3) is 0 Å². The van der Waals surface area contributed by atoms with Gasteiger partial charge in [-0.2, -0.15) is 0 Å². The summed E-state index contributed by atoms with van der Waals surface area (Å²) in [5.74, 6) is 2.13. The van der Waals surface area contributed by atoms with Gasteiger partial charge >= 0.3 is 0 Å². The third kappa shape index (κ3) is 5.24. The van der Waals surface area contributed by atoms with Crippen LogP contribution in [0.25, 0.3) is 22.3 Å². The van der Waals surface area contributed by atoms with E-state index in [0.29, 0.717) is 34.1 Å². The van der Waals surface area contributed by atoms with E-state index in [2.05, 4.69) is 15.9 Å². The van der Waals surface area contributed by atoms with Gasteiger partial charge in [0.15, 0.2) is 23.0 Å². The molecule has 1 saturated carbocycles. The lowest BCUT2D eigenvalue weighted by atomic mass is 9.75. The summed E-state index contributed by atoms with van der Waals surface area (Å²) in [6, 6.07) is 48.0. The number of halogens is 2. The Morgan fingerprint density at radius 1 is 0.407 bits per heavy atom. The molecule has 0 N–H and O–H groups in total. The van der Waals surface area contributed by atoms with Crippen molar-refractivity contribution in [1.82, 2.24) is 0 Å². The van der Waals surface area contributed by atoms with Crippen molar-refractivity contribution < 1.29 is 18.3 Å². The number of fused-ring (bicyclic) bond motifs is 4. The van der Waals surface area contributed by atoms with Gasteiger partial charge in [-0.25, -0.2) is 8.78 Å². The molecule has 4 nitrogen and oxygen atoms in total. The van der Waals surface area contributed by atoms with Crippen molar-refractivity contribution in [3.05, 3.63) is 169 Å². The molecular formula is C48H36F2N2O2. The molecule has 264 valence electrons. The Labute approximate surface area is 313 Å². The summed E-state index contributed by atoms with van der Waals surface area (Å²) >= 11 is 0. The van der Waals surface area contributed by atoms with Crippen LogP contribution in [0.1, 0.15) is 43.6 Å². The number of rotatable bonds is 5. The van der Waals surface area contributed by atoms with Crippen LogP contribution in [0.2, 0.25) is 0 Å². The molecule has 0 radical (unpaired) electrons. The maximum absolute atomic E-state index is 16.7. The molecule has 0 aromatic heterocycles. The maximum atomic E-state index is 16.7. The van der Waals surface area contributed by atoms with Crippen LogP contribution < -0.4 is 19.3 Å². The molecule has 0 unspecified atom stereocenters. The van der Waals surface area contributed by atoms with Gasteiger partial charge in [0, 0.05) is 22.3 Å². The van der Waals surface area contributed by atoms with Crippen LogP contribution in [0.15, 0.2) is 152 Å². The fourth-order valence-corrected chi connectivity index (χ4v) is 8.65. The minimum absolute atomic E-state index is 0.0275. The minimum atomic E-state index is -0.333. The van der Waals surface area contributed by atoms with Crippen molar-refractivity contribution >= 4 is 34.1 Å². The summed E-state index contributed by atoms with van der Waals surface area (Å²) in [4.78, 5) is 4.41. The van der Waals surface area contributed by atoms with E-state index in [1.165, 1.54) is 12.1 Å². The topological polar surface area (TPSA) is 24.9 Å². The largest absolute Gasteiger partial charge is 0.453 e. The molecular weight excluding hydrogens is 675 g/mol. The summed E-state index contributed by atoms with van der Waals surface area (Å²) < 4.78 is 46.4. The smallest absolute Gasteiger partial charge is 0.151 e. The number of benzene rings is 7. The van der Waals surface area contributed by atoms with Gasteiger partial charge in [-0.1, -0.05) is 104 Å². The third-order valence-electron chi connectivity index (χ3n) is 11.0. The summed E-state index contributed by atoms with van der Waals surface area (Å²) in [6.07, 6.45) is 4.99. The van der Waals surface area contributed by atoms with E-state index in [1.807, 2.05) is 121 Å². The van der Waals surface area contributed by atoms with Crippen LogP contribution in [0.5, 0.6) is 23.0 Å². The zero-order valence-electron chi connectivity index (χ0n) is 29.5. The highest BCUT2D eigenvalue weighted by Crippen LogP contribution is 2.60. The highest BCUT2D eigenvalue weighted by molar-refractivity contribution is 6.04. The van der Waals surface area contributed by atoms with Crippen molar-refractivity contribution in [3.63, 3.8) is 0 Å². The lowest BCUT2D eigenvalue weighted by Gasteiger charge is -2.40. The molecule has 0 amide bonds. The monoisotopic (exact) mass is 710 g/mol. The van der Waals surface area contributed by atoms with E-state index >= 15 is 8.78 Å². The fourth-order valence-electron chi connectivity index (χ4n) is 8.65. The van der Waals surface area contributed by atoms with Crippen LogP contribution in [0, 0.1) is 11.6 Å². The maximum Gasteiger partial charge on any atom is 0.151 e. The van der Waals surface area contributed by atoms with Gasteiger partial charge in [-0.15, -0.1) is 0 Å². The van der Waals surface area contributed by atoms with Gasteiger partial charge < -0.3 is 19.3 Å². The molecule has 10 rings (SSSR count). The van der Waals surface area contributed by atoms with Crippen LogP contribution in [0.4, 0.5) is 42.9 Å². The predicted octanol–water partition coefficient (Wildman–Crippen LogP) is 14.5. The van der Waals surface area contributed by atoms with Gasteiger partial charge in [0.2, 0.25) is 0 Å². The summed E-state index contributed by atoms with van der Waals surface area (Å²) in [6.45, 7) is 0. The van der Waals surface area contributed by atoms with E-state index in [0.717, 1.165) is 82.9 Å².